The van der Waals surface area contributed by atoms with E-state index in [9.17, 15) is 13.5 Å². The Morgan fingerprint density at radius 3 is 2.78 bits per heavy atom. The molecule has 2 N–H and O–H groups in total. The van der Waals surface area contributed by atoms with Gasteiger partial charge in [-0.3, -0.25) is 4.98 Å². The molecule has 0 radical (unpaired) electrons. The van der Waals surface area contributed by atoms with Crippen LogP contribution < -0.4 is 10.1 Å². The molecule has 0 aliphatic carbocycles. The Morgan fingerprint density at radius 1 is 1.50 bits per heavy atom. The second kappa shape index (κ2) is 5.21. The van der Waals surface area contributed by atoms with Crippen molar-refractivity contribution in [2.45, 2.75) is 18.8 Å². The molecule has 6 nitrogen and oxygen atoms in total. The smallest absolute Gasteiger partial charge is 0.156 e. The van der Waals surface area contributed by atoms with Crippen LogP contribution in [0.2, 0.25) is 0 Å². The number of sulfone groups is 1. The fraction of sp³-hybridized carbons (Fsp3) is 0.545. The molecule has 2 atom stereocenters. The highest BCUT2D eigenvalue weighted by Gasteiger charge is 2.38. The van der Waals surface area contributed by atoms with Crippen molar-refractivity contribution in [3.63, 3.8) is 0 Å². The Balaban J connectivity index is 2.01. The summed E-state index contributed by atoms with van der Waals surface area (Å²) in [6.45, 7) is 0.653. The quantitative estimate of drug-likeness (QED) is 0.756. The summed E-state index contributed by atoms with van der Waals surface area (Å²) in [5.74, 6) is 0.0889. The Bertz CT molecular complexity index is 500. The minimum Gasteiger partial charge on any atom is -0.485 e. The Labute approximate surface area is 106 Å². The molecule has 1 aromatic heterocycles. The predicted octanol–water partition coefficient (Wildman–Crippen LogP) is -0.662. The van der Waals surface area contributed by atoms with Crippen LogP contribution in [0.1, 0.15) is 5.69 Å². The summed E-state index contributed by atoms with van der Waals surface area (Å²) in [6.07, 6.45) is -0.136. The van der Waals surface area contributed by atoms with Crippen molar-refractivity contribution in [3.05, 3.63) is 24.0 Å². The zero-order chi connectivity index (χ0) is 13.2. The van der Waals surface area contributed by atoms with E-state index >= 15 is 0 Å². The molecule has 2 rings (SSSR count). The number of ether oxygens (including phenoxy) is 1. The fourth-order valence-electron chi connectivity index (χ4n) is 1.85. The van der Waals surface area contributed by atoms with Gasteiger partial charge in [0.15, 0.2) is 9.84 Å². The van der Waals surface area contributed by atoms with Gasteiger partial charge >= 0.3 is 0 Å². The van der Waals surface area contributed by atoms with E-state index in [-0.39, 0.29) is 11.5 Å². The van der Waals surface area contributed by atoms with Gasteiger partial charge in [-0.15, -0.1) is 0 Å². The number of rotatable bonds is 4. The lowest BCUT2D eigenvalue weighted by Gasteiger charge is -2.15. The van der Waals surface area contributed by atoms with Crippen LogP contribution in [0.5, 0.6) is 5.75 Å². The number of aliphatic hydroxyl groups is 1. The molecule has 18 heavy (non-hydrogen) atoms. The Hall–Kier alpha value is -1.18. The van der Waals surface area contributed by atoms with Crippen LogP contribution in [0.25, 0.3) is 0 Å². The average Bonchev–Trinajstić information content (AvgIpc) is 2.55. The third-order valence-corrected chi connectivity index (χ3v) is 4.40. The SMILES string of the molecule is CNCc1ccc(OC2CS(=O)(=O)CC2O)cn1. The number of aromatic nitrogens is 1. The first-order valence-corrected chi connectivity index (χ1v) is 7.47. The summed E-state index contributed by atoms with van der Waals surface area (Å²) >= 11 is 0. The lowest BCUT2D eigenvalue weighted by Crippen LogP contribution is -2.29. The molecule has 100 valence electrons. The lowest BCUT2D eigenvalue weighted by atomic mass is 10.2. The fourth-order valence-corrected chi connectivity index (χ4v) is 3.51. The van der Waals surface area contributed by atoms with E-state index in [2.05, 4.69) is 10.3 Å². The molecule has 1 aliphatic rings. The van der Waals surface area contributed by atoms with E-state index in [1.807, 2.05) is 7.05 Å². The molecule has 0 aromatic carbocycles. The van der Waals surface area contributed by atoms with Crippen molar-refractivity contribution in [3.8, 4) is 5.75 Å². The van der Waals surface area contributed by atoms with Crippen LogP contribution >= 0.6 is 0 Å². The summed E-state index contributed by atoms with van der Waals surface area (Å²) in [5, 5.41) is 12.6. The van der Waals surface area contributed by atoms with E-state index < -0.39 is 22.0 Å². The molecule has 2 unspecified atom stereocenters. The van der Waals surface area contributed by atoms with Gasteiger partial charge in [0.05, 0.1) is 23.4 Å². The minimum absolute atomic E-state index is 0.146. The van der Waals surface area contributed by atoms with Gasteiger partial charge in [0, 0.05) is 6.54 Å². The van der Waals surface area contributed by atoms with E-state index in [0.29, 0.717) is 12.3 Å². The number of hydrogen-bond acceptors (Lipinski definition) is 6. The summed E-state index contributed by atoms with van der Waals surface area (Å²) in [6, 6.07) is 3.51. The monoisotopic (exact) mass is 272 g/mol. The largest absolute Gasteiger partial charge is 0.485 e. The highest BCUT2D eigenvalue weighted by Crippen LogP contribution is 2.19. The van der Waals surface area contributed by atoms with Crippen LogP contribution in [0.15, 0.2) is 18.3 Å². The molecule has 2 heterocycles. The highest BCUT2D eigenvalue weighted by atomic mass is 32.2. The van der Waals surface area contributed by atoms with Crippen LogP contribution in [0, 0.1) is 0 Å². The van der Waals surface area contributed by atoms with Crippen LogP contribution in [0.3, 0.4) is 0 Å². The molecule has 1 aromatic rings. The van der Waals surface area contributed by atoms with Gasteiger partial charge in [-0.05, 0) is 19.2 Å². The van der Waals surface area contributed by atoms with Gasteiger partial charge in [-0.25, -0.2) is 8.42 Å². The van der Waals surface area contributed by atoms with E-state index in [1.165, 1.54) is 6.20 Å². The maximum Gasteiger partial charge on any atom is 0.156 e. The third-order valence-electron chi connectivity index (χ3n) is 2.72. The zero-order valence-electron chi connectivity index (χ0n) is 10.0. The van der Waals surface area contributed by atoms with Crippen LogP contribution in [0.4, 0.5) is 0 Å². The van der Waals surface area contributed by atoms with Gasteiger partial charge < -0.3 is 15.2 Å². The second-order valence-electron chi connectivity index (χ2n) is 4.32. The van der Waals surface area contributed by atoms with Gasteiger partial charge in [-0.2, -0.15) is 0 Å². The van der Waals surface area contributed by atoms with Crippen molar-refractivity contribution in [2.24, 2.45) is 0 Å². The molecule has 0 amide bonds. The average molecular weight is 272 g/mol. The van der Waals surface area contributed by atoms with Crippen molar-refractivity contribution in [2.75, 3.05) is 18.6 Å². The van der Waals surface area contributed by atoms with E-state index in [1.54, 1.807) is 12.1 Å². The normalized spacial score (nSPS) is 26.1. The highest BCUT2D eigenvalue weighted by molar-refractivity contribution is 7.91. The summed E-state index contributed by atoms with van der Waals surface area (Å²) in [5.41, 5.74) is 0.865. The standard InChI is InChI=1S/C11H16N2O4S/c1-12-4-8-2-3-9(5-13-8)17-11-7-18(15,16)6-10(11)14/h2-3,5,10-12,14H,4,6-7H2,1H3. The van der Waals surface area contributed by atoms with Crippen molar-refractivity contribution in [1.29, 1.82) is 0 Å². The van der Waals surface area contributed by atoms with Crippen LogP contribution in [-0.2, 0) is 16.4 Å². The van der Waals surface area contributed by atoms with E-state index in [0.717, 1.165) is 5.69 Å². The molecule has 1 saturated heterocycles. The number of pyridine rings is 1. The second-order valence-corrected chi connectivity index (χ2v) is 6.47. The van der Waals surface area contributed by atoms with E-state index in [4.69, 9.17) is 4.74 Å². The predicted molar refractivity (Wildman–Crippen MR) is 66.1 cm³/mol. The van der Waals surface area contributed by atoms with Gasteiger partial charge in [0.2, 0.25) is 0 Å². The molecule has 1 aliphatic heterocycles. The first-order chi connectivity index (χ1) is 8.50. The first-order valence-electron chi connectivity index (χ1n) is 5.65. The molecule has 0 bridgehead atoms. The molecule has 0 saturated carbocycles. The van der Waals surface area contributed by atoms with Gasteiger partial charge in [0.1, 0.15) is 18.0 Å². The van der Waals surface area contributed by atoms with Gasteiger partial charge in [-0.1, -0.05) is 0 Å². The first kappa shape index (κ1) is 13.3. The number of nitrogens with zero attached hydrogens (tertiary/aromatic N) is 1. The summed E-state index contributed by atoms with van der Waals surface area (Å²) < 4.78 is 28.1. The maximum absolute atomic E-state index is 11.3. The Morgan fingerprint density at radius 2 is 2.28 bits per heavy atom. The Kier molecular flexibility index (Phi) is 3.84. The maximum atomic E-state index is 11.3. The van der Waals surface area contributed by atoms with Crippen molar-refractivity contribution >= 4 is 9.84 Å². The molecule has 0 spiro atoms. The molecular weight excluding hydrogens is 256 g/mol. The third kappa shape index (κ3) is 3.18. The summed E-state index contributed by atoms with van der Waals surface area (Å²) in [7, 11) is -1.36. The minimum atomic E-state index is -3.19. The number of aliphatic hydroxyl groups excluding tert-OH is 1. The zero-order valence-corrected chi connectivity index (χ0v) is 10.9. The number of hydrogen-bond donors (Lipinski definition) is 2. The summed E-state index contributed by atoms with van der Waals surface area (Å²) in [4.78, 5) is 4.15. The van der Waals surface area contributed by atoms with Crippen molar-refractivity contribution in [1.82, 2.24) is 10.3 Å². The molecular formula is C11H16N2O4S. The van der Waals surface area contributed by atoms with Gasteiger partial charge in [0.25, 0.3) is 0 Å². The number of nitrogens with one attached hydrogen (secondary N) is 1. The molecule has 7 heteroatoms. The topological polar surface area (TPSA) is 88.5 Å². The lowest BCUT2D eigenvalue weighted by molar-refractivity contribution is 0.0735. The van der Waals surface area contributed by atoms with Crippen molar-refractivity contribution < 1.29 is 18.3 Å². The van der Waals surface area contributed by atoms with Crippen LogP contribution in [-0.4, -0.2) is 49.3 Å². The molecule has 1 fully saturated rings.